The Morgan fingerprint density at radius 2 is 1.95 bits per heavy atom. The molecule has 1 amide bonds. The number of nitrogens with one attached hydrogen (secondary N) is 1. The molecule has 3 nitrogen and oxygen atoms in total. The summed E-state index contributed by atoms with van der Waals surface area (Å²) >= 11 is 5.91. The molecule has 0 radical (unpaired) electrons. The van der Waals surface area contributed by atoms with Crippen LogP contribution in [0.3, 0.4) is 0 Å². The first-order chi connectivity index (χ1) is 10.1. The van der Waals surface area contributed by atoms with E-state index in [1.807, 2.05) is 0 Å². The maximum Gasteiger partial charge on any atom is 0.224 e. The van der Waals surface area contributed by atoms with Gasteiger partial charge in [0.05, 0.1) is 6.42 Å². The van der Waals surface area contributed by atoms with Crippen LogP contribution < -0.4 is 5.32 Å². The molecular formula is C16H15ClFNO2. The molecule has 0 heterocycles. The number of phenolic OH excluding ortho intramolecular Hbond substituents is 1. The topological polar surface area (TPSA) is 49.3 Å². The average Bonchev–Trinajstić information content (AvgIpc) is 2.45. The molecule has 0 atom stereocenters. The molecule has 110 valence electrons. The van der Waals surface area contributed by atoms with Crippen molar-refractivity contribution in [2.75, 3.05) is 6.54 Å². The van der Waals surface area contributed by atoms with Crippen molar-refractivity contribution in [1.29, 1.82) is 0 Å². The summed E-state index contributed by atoms with van der Waals surface area (Å²) in [4.78, 5) is 11.8. The van der Waals surface area contributed by atoms with Gasteiger partial charge in [0.15, 0.2) is 0 Å². The minimum Gasteiger partial charge on any atom is -0.508 e. The molecule has 2 N–H and O–H groups in total. The monoisotopic (exact) mass is 307 g/mol. The molecule has 0 fully saturated rings. The summed E-state index contributed by atoms with van der Waals surface area (Å²) in [5.41, 5.74) is 0.945. The minimum atomic E-state index is -0.377. The summed E-state index contributed by atoms with van der Waals surface area (Å²) in [5.74, 6) is -0.522. The SMILES string of the molecule is O=C(Cc1ccccc1O)NCCc1c(F)cccc1Cl. The number of carbonyl (C=O) groups is 1. The Bertz CT molecular complexity index is 626. The smallest absolute Gasteiger partial charge is 0.224 e. The lowest BCUT2D eigenvalue weighted by Gasteiger charge is -2.08. The number of halogens is 2. The van der Waals surface area contributed by atoms with Crippen molar-refractivity contribution in [3.63, 3.8) is 0 Å². The minimum absolute atomic E-state index is 0.0810. The zero-order valence-corrected chi connectivity index (χ0v) is 12.0. The number of amides is 1. The molecule has 0 spiro atoms. The standard InChI is InChI=1S/C16H15ClFNO2/c17-13-5-3-6-14(18)12(13)8-9-19-16(21)10-11-4-1-2-7-15(11)20/h1-7,20H,8-10H2,(H,19,21). The van der Waals surface area contributed by atoms with Crippen LogP contribution in [0.25, 0.3) is 0 Å². The van der Waals surface area contributed by atoms with E-state index in [2.05, 4.69) is 5.32 Å². The Balaban J connectivity index is 1.86. The summed E-state index contributed by atoms with van der Waals surface area (Å²) in [6.45, 7) is 0.285. The summed E-state index contributed by atoms with van der Waals surface area (Å²) in [6, 6.07) is 11.1. The van der Waals surface area contributed by atoms with Gasteiger partial charge in [-0.3, -0.25) is 4.79 Å². The van der Waals surface area contributed by atoms with Gasteiger partial charge >= 0.3 is 0 Å². The maximum atomic E-state index is 13.5. The Hall–Kier alpha value is -2.07. The van der Waals surface area contributed by atoms with Gasteiger partial charge in [0, 0.05) is 22.7 Å². The van der Waals surface area contributed by atoms with Crippen molar-refractivity contribution in [3.05, 3.63) is 64.4 Å². The molecule has 2 rings (SSSR count). The Labute approximate surface area is 127 Å². The van der Waals surface area contributed by atoms with Crippen molar-refractivity contribution >= 4 is 17.5 Å². The molecule has 0 saturated carbocycles. The Kier molecular flexibility index (Phi) is 5.17. The lowest BCUT2D eigenvalue weighted by molar-refractivity contribution is -0.120. The predicted molar refractivity (Wildman–Crippen MR) is 79.9 cm³/mol. The summed E-state index contributed by atoms with van der Waals surface area (Å²) < 4.78 is 13.5. The van der Waals surface area contributed by atoms with E-state index in [4.69, 9.17) is 11.6 Å². The quantitative estimate of drug-likeness (QED) is 0.892. The molecule has 0 aliphatic carbocycles. The van der Waals surface area contributed by atoms with Crippen molar-refractivity contribution in [1.82, 2.24) is 5.32 Å². The Morgan fingerprint density at radius 1 is 1.19 bits per heavy atom. The summed E-state index contributed by atoms with van der Waals surface area (Å²) in [7, 11) is 0. The molecule has 0 aliphatic heterocycles. The van der Waals surface area contributed by atoms with E-state index in [-0.39, 0.29) is 30.4 Å². The molecule has 0 saturated heterocycles. The molecule has 21 heavy (non-hydrogen) atoms. The van der Waals surface area contributed by atoms with Crippen LogP contribution >= 0.6 is 11.6 Å². The number of hydrogen-bond acceptors (Lipinski definition) is 2. The van der Waals surface area contributed by atoms with Crippen LogP contribution in [0.1, 0.15) is 11.1 Å². The zero-order valence-electron chi connectivity index (χ0n) is 11.3. The number of rotatable bonds is 5. The van der Waals surface area contributed by atoms with E-state index >= 15 is 0 Å². The third kappa shape index (κ3) is 4.20. The van der Waals surface area contributed by atoms with Crippen molar-refractivity contribution in [2.45, 2.75) is 12.8 Å². The first-order valence-electron chi connectivity index (χ1n) is 6.54. The van der Waals surface area contributed by atoms with Gasteiger partial charge in [-0.05, 0) is 24.6 Å². The average molecular weight is 308 g/mol. The van der Waals surface area contributed by atoms with E-state index in [0.29, 0.717) is 22.6 Å². The highest BCUT2D eigenvalue weighted by molar-refractivity contribution is 6.31. The summed E-state index contributed by atoms with van der Waals surface area (Å²) in [5, 5.41) is 12.6. The van der Waals surface area contributed by atoms with Crippen LogP contribution in [0.4, 0.5) is 4.39 Å². The number of benzene rings is 2. The van der Waals surface area contributed by atoms with Crippen LogP contribution in [0.2, 0.25) is 5.02 Å². The molecule has 0 unspecified atom stereocenters. The molecule has 0 bridgehead atoms. The highest BCUT2D eigenvalue weighted by atomic mass is 35.5. The van der Waals surface area contributed by atoms with Gasteiger partial charge in [-0.1, -0.05) is 35.9 Å². The van der Waals surface area contributed by atoms with E-state index in [1.165, 1.54) is 18.2 Å². The zero-order chi connectivity index (χ0) is 15.2. The van der Waals surface area contributed by atoms with Crippen LogP contribution in [0, 0.1) is 5.82 Å². The largest absolute Gasteiger partial charge is 0.508 e. The van der Waals surface area contributed by atoms with Crippen molar-refractivity contribution < 1.29 is 14.3 Å². The van der Waals surface area contributed by atoms with Gasteiger partial charge in [0.25, 0.3) is 0 Å². The van der Waals surface area contributed by atoms with Crippen LogP contribution in [-0.2, 0) is 17.6 Å². The lowest BCUT2D eigenvalue weighted by Crippen LogP contribution is -2.27. The third-order valence-corrected chi connectivity index (χ3v) is 3.46. The van der Waals surface area contributed by atoms with Crippen LogP contribution in [-0.4, -0.2) is 17.6 Å². The fourth-order valence-electron chi connectivity index (χ4n) is 1.99. The number of hydrogen-bond donors (Lipinski definition) is 2. The van der Waals surface area contributed by atoms with Gasteiger partial charge in [0.1, 0.15) is 11.6 Å². The maximum absolute atomic E-state index is 13.5. The second-order valence-electron chi connectivity index (χ2n) is 4.61. The normalized spacial score (nSPS) is 10.4. The van der Waals surface area contributed by atoms with Gasteiger partial charge in [-0.25, -0.2) is 4.39 Å². The van der Waals surface area contributed by atoms with E-state index in [9.17, 15) is 14.3 Å². The molecule has 0 aliphatic rings. The number of carbonyl (C=O) groups excluding carboxylic acids is 1. The molecule has 5 heteroatoms. The van der Waals surface area contributed by atoms with E-state index in [1.54, 1.807) is 24.3 Å². The van der Waals surface area contributed by atoms with Gasteiger partial charge in [-0.15, -0.1) is 0 Å². The second kappa shape index (κ2) is 7.09. The molecule has 0 aromatic heterocycles. The predicted octanol–water partition coefficient (Wildman–Crippen LogP) is 3.09. The number of aromatic hydroxyl groups is 1. The fourth-order valence-corrected chi connectivity index (χ4v) is 2.25. The highest BCUT2D eigenvalue weighted by Crippen LogP contribution is 2.19. The molecule has 2 aromatic carbocycles. The van der Waals surface area contributed by atoms with E-state index in [0.717, 1.165) is 0 Å². The number of phenols is 1. The third-order valence-electron chi connectivity index (χ3n) is 3.10. The summed E-state index contributed by atoms with van der Waals surface area (Å²) in [6.07, 6.45) is 0.399. The van der Waals surface area contributed by atoms with Crippen LogP contribution in [0.5, 0.6) is 5.75 Å². The van der Waals surface area contributed by atoms with Gasteiger partial charge < -0.3 is 10.4 Å². The van der Waals surface area contributed by atoms with Gasteiger partial charge in [-0.2, -0.15) is 0 Å². The number of para-hydroxylation sites is 1. The highest BCUT2D eigenvalue weighted by Gasteiger charge is 2.09. The Morgan fingerprint density at radius 3 is 2.67 bits per heavy atom. The first-order valence-corrected chi connectivity index (χ1v) is 6.92. The van der Waals surface area contributed by atoms with Gasteiger partial charge in [0.2, 0.25) is 5.91 Å². The second-order valence-corrected chi connectivity index (χ2v) is 5.01. The first kappa shape index (κ1) is 15.3. The molecule has 2 aromatic rings. The fraction of sp³-hybridized carbons (Fsp3) is 0.188. The van der Waals surface area contributed by atoms with Crippen molar-refractivity contribution in [3.8, 4) is 5.75 Å². The van der Waals surface area contributed by atoms with Crippen molar-refractivity contribution in [2.24, 2.45) is 0 Å². The molecular weight excluding hydrogens is 293 g/mol. The lowest BCUT2D eigenvalue weighted by atomic mass is 10.1. The van der Waals surface area contributed by atoms with Crippen LogP contribution in [0.15, 0.2) is 42.5 Å². The van der Waals surface area contributed by atoms with E-state index < -0.39 is 0 Å².